The minimum atomic E-state index is -1.04. The molecule has 0 bridgehead atoms. The first kappa shape index (κ1) is 14.5. The largest absolute Gasteiger partial charge is 0.480 e. The Labute approximate surface area is 120 Å². The first-order valence-corrected chi connectivity index (χ1v) is 6.50. The van der Waals surface area contributed by atoms with E-state index in [2.05, 4.69) is 0 Å². The molecular weight excluding hydrogens is 285 g/mol. The van der Waals surface area contributed by atoms with Gasteiger partial charge in [-0.25, -0.2) is 4.39 Å². The lowest BCUT2D eigenvalue weighted by atomic mass is 10.2. The van der Waals surface area contributed by atoms with Gasteiger partial charge in [-0.05, 0) is 36.6 Å². The summed E-state index contributed by atoms with van der Waals surface area (Å²) in [7, 11) is 0. The SMILES string of the molecule is O=C(O)CN(C(=O)C=Cc1ccc(F)c(Cl)c1)C1CC1. The lowest BCUT2D eigenvalue weighted by molar-refractivity contribution is -0.143. The van der Waals surface area contributed by atoms with Crippen LogP contribution in [0.1, 0.15) is 18.4 Å². The van der Waals surface area contributed by atoms with Gasteiger partial charge in [-0.15, -0.1) is 0 Å². The van der Waals surface area contributed by atoms with Gasteiger partial charge in [0, 0.05) is 12.1 Å². The molecule has 4 nitrogen and oxygen atoms in total. The summed E-state index contributed by atoms with van der Waals surface area (Å²) in [5, 5.41) is 8.76. The van der Waals surface area contributed by atoms with Crippen molar-refractivity contribution < 1.29 is 19.1 Å². The monoisotopic (exact) mass is 297 g/mol. The summed E-state index contributed by atoms with van der Waals surface area (Å²) >= 11 is 5.64. The van der Waals surface area contributed by atoms with Crippen molar-refractivity contribution in [3.8, 4) is 0 Å². The van der Waals surface area contributed by atoms with Gasteiger partial charge >= 0.3 is 5.97 Å². The highest BCUT2D eigenvalue weighted by Crippen LogP contribution is 2.27. The summed E-state index contributed by atoms with van der Waals surface area (Å²) < 4.78 is 13.0. The van der Waals surface area contributed by atoms with Crippen LogP contribution in [0.5, 0.6) is 0 Å². The van der Waals surface area contributed by atoms with E-state index in [1.165, 1.54) is 35.3 Å². The summed E-state index contributed by atoms with van der Waals surface area (Å²) in [5.41, 5.74) is 0.579. The molecule has 106 valence electrons. The van der Waals surface area contributed by atoms with Crippen LogP contribution in [0.3, 0.4) is 0 Å². The van der Waals surface area contributed by atoms with Gasteiger partial charge in [0.2, 0.25) is 5.91 Å². The fourth-order valence-electron chi connectivity index (χ4n) is 1.80. The van der Waals surface area contributed by atoms with Gasteiger partial charge in [0.25, 0.3) is 0 Å². The molecule has 1 amide bonds. The molecule has 1 aromatic carbocycles. The first-order chi connectivity index (χ1) is 9.47. The second kappa shape index (κ2) is 6.05. The molecule has 1 N–H and O–H groups in total. The third kappa shape index (κ3) is 3.81. The highest BCUT2D eigenvalue weighted by molar-refractivity contribution is 6.30. The molecule has 6 heteroatoms. The Morgan fingerprint density at radius 1 is 1.45 bits per heavy atom. The second-order valence-corrected chi connectivity index (χ2v) is 5.01. The Morgan fingerprint density at radius 2 is 2.15 bits per heavy atom. The molecule has 1 fully saturated rings. The van der Waals surface area contributed by atoms with Gasteiger partial charge < -0.3 is 10.0 Å². The molecule has 0 heterocycles. The standard InChI is InChI=1S/C14H13ClFNO3/c15-11-7-9(1-5-12(11)16)2-6-13(18)17(8-14(19)20)10-3-4-10/h1-2,5-7,10H,3-4,8H2,(H,19,20). The zero-order valence-corrected chi connectivity index (χ0v) is 11.3. The molecule has 0 spiro atoms. The Balaban J connectivity index is 2.06. The quantitative estimate of drug-likeness (QED) is 0.850. The molecule has 0 unspecified atom stereocenters. The van der Waals surface area contributed by atoms with E-state index in [9.17, 15) is 14.0 Å². The molecule has 0 aromatic heterocycles. The smallest absolute Gasteiger partial charge is 0.323 e. The minimum absolute atomic E-state index is 0.0139. The van der Waals surface area contributed by atoms with Gasteiger partial charge in [-0.2, -0.15) is 0 Å². The predicted molar refractivity (Wildman–Crippen MR) is 72.8 cm³/mol. The molecule has 20 heavy (non-hydrogen) atoms. The van der Waals surface area contributed by atoms with E-state index in [0.29, 0.717) is 5.56 Å². The highest BCUT2D eigenvalue weighted by Gasteiger charge is 2.32. The Morgan fingerprint density at radius 3 is 2.70 bits per heavy atom. The van der Waals surface area contributed by atoms with Crippen LogP contribution < -0.4 is 0 Å². The number of aliphatic carboxylic acids is 1. The number of hydrogen-bond acceptors (Lipinski definition) is 2. The van der Waals surface area contributed by atoms with Crippen LogP contribution in [0.4, 0.5) is 4.39 Å². The van der Waals surface area contributed by atoms with Gasteiger partial charge in [0.1, 0.15) is 12.4 Å². The molecule has 0 radical (unpaired) electrons. The van der Waals surface area contributed by atoms with Crippen molar-refractivity contribution in [2.45, 2.75) is 18.9 Å². The maximum Gasteiger partial charge on any atom is 0.323 e. The van der Waals surface area contributed by atoms with E-state index >= 15 is 0 Å². The Bertz CT molecular complexity index is 570. The normalized spacial score (nSPS) is 14.5. The summed E-state index contributed by atoms with van der Waals surface area (Å²) in [6.45, 7) is -0.308. The van der Waals surface area contributed by atoms with Crippen molar-refractivity contribution in [3.63, 3.8) is 0 Å². The number of rotatable bonds is 5. The van der Waals surface area contributed by atoms with Crippen LogP contribution in [-0.4, -0.2) is 34.5 Å². The van der Waals surface area contributed by atoms with Crippen molar-refractivity contribution in [2.75, 3.05) is 6.54 Å². The summed E-state index contributed by atoms with van der Waals surface area (Å²) in [5.74, 6) is -1.93. The van der Waals surface area contributed by atoms with E-state index in [-0.39, 0.29) is 23.5 Å². The van der Waals surface area contributed by atoms with Gasteiger partial charge in [-0.1, -0.05) is 17.7 Å². The average Bonchev–Trinajstić information content (AvgIpc) is 3.21. The summed E-state index contributed by atoms with van der Waals surface area (Å²) in [6.07, 6.45) is 4.43. The molecular formula is C14H13ClFNO3. The van der Waals surface area contributed by atoms with Crippen molar-refractivity contribution >= 4 is 29.6 Å². The fourth-order valence-corrected chi connectivity index (χ4v) is 1.99. The Hall–Kier alpha value is -1.88. The van der Waals surface area contributed by atoms with E-state index in [1.54, 1.807) is 0 Å². The van der Waals surface area contributed by atoms with Crippen LogP contribution in [0, 0.1) is 5.82 Å². The van der Waals surface area contributed by atoms with Crippen molar-refractivity contribution in [1.82, 2.24) is 4.90 Å². The van der Waals surface area contributed by atoms with E-state index in [4.69, 9.17) is 16.7 Å². The molecule has 2 rings (SSSR count). The van der Waals surface area contributed by atoms with Gasteiger partial charge in [0.05, 0.1) is 5.02 Å². The number of carboxylic acid groups (broad SMARTS) is 1. The number of benzene rings is 1. The maximum absolute atomic E-state index is 13.0. The molecule has 0 saturated heterocycles. The number of halogens is 2. The zero-order valence-electron chi connectivity index (χ0n) is 10.6. The van der Waals surface area contributed by atoms with E-state index in [1.807, 2.05) is 0 Å². The van der Waals surface area contributed by atoms with E-state index in [0.717, 1.165) is 12.8 Å². The second-order valence-electron chi connectivity index (χ2n) is 4.60. The molecule has 0 aliphatic heterocycles. The molecule has 0 atom stereocenters. The van der Waals surface area contributed by atoms with Crippen LogP contribution >= 0.6 is 11.6 Å². The topological polar surface area (TPSA) is 57.6 Å². The fraction of sp³-hybridized carbons (Fsp3) is 0.286. The first-order valence-electron chi connectivity index (χ1n) is 6.13. The van der Waals surface area contributed by atoms with E-state index < -0.39 is 11.8 Å². The predicted octanol–water partition coefficient (Wildman–Crippen LogP) is 2.57. The highest BCUT2D eigenvalue weighted by atomic mass is 35.5. The Kier molecular flexibility index (Phi) is 4.39. The third-order valence-electron chi connectivity index (χ3n) is 2.94. The third-order valence-corrected chi connectivity index (χ3v) is 3.23. The lowest BCUT2D eigenvalue weighted by Crippen LogP contribution is -2.36. The minimum Gasteiger partial charge on any atom is -0.480 e. The maximum atomic E-state index is 13.0. The summed E-state index contributed by atoms with van der Waals surface area (Å²) in [4.78, 5) is 24.0. The van der Waals surface area contributed by atoms with Crippen LogP contribution in [-0.2, 0) is 9.59 Å². The number of amides is 1. The van der Waals surface area contributed by atoms with Crippen LogP contribution in [0.2, 0.25) is 5.02 Å². The number of hydrogen-bond donors (Lipinski definition) is 1. The van der Waals surface area contributed by atoms with Gasteiger partial charge in [-0.3, -0.25) is 9.59 Å². The van der Waals surface area contributed by atoms with Gasteiger partial charge in [0.15, 0.2) is 0 Å². The number of carbonyl (C=O) groups excluding carboxylic acids is 1. The number of carbonyl (C=O) groups is 2. The van der Waals surface area contributed by atoms with Crippen molar-refractivity contribution in [1.29, 1.82) is 0 Å². The summed E-state index contributed by atoms with van der Waals surface area (Å²) in [6, 6.07) is 4.12. The number of nitrogens with zero attached hydrogens (tertiary/aromatic N) is 1. The molecule has 1 aliphatic carbocycles. The van der Waals surface area contributed by atoms with Crippen molar-refractivity contribution in [2.24, 2.45) is 0 Å². The zero-order chi connectivity index (χ0) is 14.7. The lowest BCUT2D eigenvalue weighted by Gasteiger charge is -2.17. The van der Waals surface area contributed by atoms with Crippen LogP contribution in [0.25, 0.3) is 6.08 Å². The molecule has 1 saturated carbocycles. The molecule has 1 aliphatic rings. The molecule has 1 aromatic rings. The van der Waals surface area contributed by atoms with Crippen molar-refractivity contribution in [3.05, 3.63) is 40.7 Å². The average molecular weight is 298 g/mol. The number of carboxylic acids is 1. The van der Waals surface area contributed by atoms with Crippen LogP contribution in [0.15, 0.2) is 24.3 Å².